The Morgan fingerprint density at radius 3 is 2.61 bits per heavy atom. The zero-order valence-corrected chi connectivity index (χ0v) is 16.6. The van der Waals surface area contributed by atoms with Gasteiger partial charge in [-0.15, -0.1) is 10.2 Å². The normalized spacial score (nSPS) is 14.7. The van der Waals surface area contributed by atoms with Gasteiger partial charge in [0.25, 0.3) is 5.91 Å². The molecule has 162 valence electrons. The van der Waals surface area contributed by atoms with Crippen molar-refractivity contribution in [3.63, 3.8) is 0 Å². The standard InChI is InChI=1S/C21H21F3N6O/c22-21(23,24)16-6-2-1-5-15(16)14-29-10-8-18-27-28-19(30(18)12-11-29)13-26-20(31)17-7-3-4-9-25-17/h1-7,9H,8,10-14H2,(H,26,31). The van der Waals surface area contributed by atoms with Gasteiger partial charge in [0.2, 0.25) is 0 Å². The van der Waals surface area contributed by atoms with Crippen LogP contribution in [-0.4, -0.2) is 43.6 Å². The Labute approximate surface area is 176 Å². The fourth-order valence-corrected chi connectivity index (χ4v) is 3.64. The number of benzene rings is 1. The third kappa shape index (κ3) is 4.91. The number of carbonyl (C=O) groups excluding carboxylic acids is 1. The van der Waals surface area contributed by atoms with Gasteiger partial charge in [0.1, 0.15) is 11.5 Å². The van der Waals surface area contributed by atoms with E-state index in [0.717, 1.165) is 11.9 Å². The Morgan fingerprint density at radius 1 is 1.03 bits per heavy atom. The molecule has 0 bridgehead atoms. The lowest BCUT2D eigenvalue weighted by atomic mass is 10.1. The molecule has 1 N–H and O–H groups in total. The summed E-state index contributed by atoms with van der Waals surface area (Å²) >= 11 is 0. The van der Waals surface area contributed by atoms with E-state index < -0.39 is 11.7 Å². The lowest BCUT2D eigenvalue weighted by Gasteiger charge is -2.22. The zero-order chi connectivity index (χ0) is 21.8. The van der Waals surface area contributed by atoms with Crippen LogP contribution in [0.1, 0.15) is 33.3 Å². The number of fused-ring (bicyclic) bond motifs is 1. The molecule has 1 amide bonds. The molecule has 0 fully saturated rings. The SMILES string of the molecule is O=C(NCc1nnc2n1CCN(Cc1ccccc1C(F)(F)F)CC2)c1ccccn1. The number of pyridine rings is 1. The van der Waals surface area contributed by atoms with Crippen molar-refractivity contribution in [1.29, 1.82) is 0 Å². The first-order valence-electron chi connectivity index (χ1n) is 9.89. The number of hydrogen-bond donors (Lipinski definition) is 1. The number of nitrogens with one attached hydrogen (secondary N) is 1. The molecule has 0 radical (unpaired) electrons. The van der Waals surface area contributed by atoms with Gasteiger partial charge in [-0.2, -0.15) is 13.2 Å². The number of hydrogen-bond acceptors (Lipinski definition) is 5. The molecule has 0 atom stereocenters. The van der Waals surface area contributed by atoms with Crippen LogP contribution in [0, 0.1) is 0 Å². The number of alkyl halides is 3. The number of rotatable bonds is 5. The third-order valence-corrected chi connectivity index (χ3v) is 5.22. The second-order valence-electron chi connectivity index (χ2n) is 7.26. The summed E-state index contributed by atoms with van der Waals surface area (Å²) in [6, 6.07) is 10.7. The van der Waals surface area contributed by atoms with E-state index in [1.54, 1.807) is 30.5 Å². The van der Waals surface area contributed by atoms with Crippen LogP contribution in [0.25, 0.3) is 0 Å². The molecule has 10 heteroatoms. The molecule has 2 aromatic heterocycles. The fourth-order valence-electron chi connectivity index (χ4n) is 3.64. The number of aromatic nitrogens is 4. The highest BCUT2D eigenvalue weighted by atomic mass is 19.4. The van der Waals surface area contributed by atoms with E-state index in [4.69, 9.17) is 0 Å². The van der Waals surface area contributed by atoms with Gasteiger partial charge in [0.05, 0.1) is 12.1 Å². The van der Waals surface area contributed by atoms with Gasteiger partial charge in [-0.1, -0.05) is 24.3 Å². The summed E-state index contributed by atoms with van der Waals surface area (Å²) in [7, 11) is 0. The Kier molecular flexibility index (Phi) is 5.99. The van der Waals surface area contributed by atoms with Crippen LogP contribution in [0.5, 0.6) is 0 Å². The van der Waals surface area contributed by atoms with E-state index in [0.29, 0.717) is 37.6 Å². The van der Waals surface area contributed by atoms with Crippen LogP contribution < -0.4 is 5.32 Å². The molecule has 1 aromatic carbocycles. The molecule has 4 rings (SSSR count). The molecular weight excluding hydrogens is 409 g/mol. The summed E-state index contributed by atoms with van der Waals surface area (Å²) in [6.45, 7) is 2.06. The summed E-state index contributed by atoms with van der Waals surface area (Å²) in [4.78, 5) is 18.2. The van der Waals surface area contributed by atoms with Crippen molar-refractivity contribution >= 4 is 5.91 Å². The van der Waals surface area contributed by atoms with E-state index in [1.165, 1.54) is 12.1 Å². The van der Waals surface area contributed by atoms with E-state index >= 15 is 0 Å². The van der Waals surface area contributed by atoms with Crippen molar-refractivity contribution in [3.8, 4) is 0 Å². The average molecular weight is 430 g/mol. The van der Waals surface area contributed by atoms with Gasteiger partial charge in [0.15, 0.2) is 5.82 Å². The third-order valence-electron chi connectivity index (χ3n) is 5.22. The predicted molar refractivity (Wildman–Crippen MR) is 106 cm³/mol. The predicted octanol–water partition coefficient (Wildman–Crippen LogP) is 2.68. The lowest BCUT2D eigenvalue weighted by Crippen LogP contribution is -2.29. The Hall–Kier alpha value is -3.27. The second-order valence-corrected chi connectivity index (χ2v) is 7.26. The molecule has 1 aliphatic heterocycles. The summed E-state index contributed by atoms with van der Waals surface area (Å²) in [5, 5.41) is 11.2. The number of carbonyl (C=O) groups is 1. The number of amides is 1. The van der Waals surface area contributed by atoms with Gasteiger partial charge < -0.3 is 9.88 Å². The van der Waals surface area contributed by atoms with Gasteiger partial charge in [0, 0.05) is 38.8 Å². The highest BCUT2D eigenvalue weighted by Crippen LogP contribution is 2.32. The van der Waals surface area contributed by atoms with Crippen LogP contribution in [0.4, 0.5) is 13.2 Å². The molecular formula is C21H21F3N6O. The summed E-state index contributed by atoms with van der Waals surface area (Å²) in [5.41, 5.74) is -0.0281. The molecule has 0 spiro atoms. The second kappa shape index (κ2) is 8.84. The highest BCUT2D eigenvalue weighted by Gasteiger charge is 2.33. The Bertz CT molecular complexity index is 1050. The molecule has 0 saturated heterocycles. The van der Waals surface area contributed by atoms with Gasteiger partial charge in [-0.3, -0.25) is 14.7 Å². The Balaban J connectivity index is 1.40. The van der Waals surface area contributed by atoms with Crippen molar-refractivity contribution in [2.75, 3.05) is 13.1 Å². The fraction of sp³-hybridized carbons (Fsp3) is 0.333. The molecule has 3 heterocycles. The minimum atomic E-state index is -4.38. The van der Waals surface area contributed by atoms with Crippen LogP contribution >= 0.6 is 0 Å². The van der Waals surface area contributed by atoms with Crippen LogP contribution in [-0.2, 0) is 32.2 Å². The average Bonchev–Trinajstić information content (AvgIpc) is 3.04. The summed E-state index contributed by atoms with van der Waals surface area (Å²) in [5.74, 6) is 1.06. The maximum Gasteiger partial charge on any atom is 0.416 e. The topological polar surface area (TPSA) is 75.9 Å². The zero-order valence-electron chi connectivity index (χ0n) is 16.6. The molecule has 31 heavy (non-hydrogen) atoms. The van der Waals surface area contributed by atoms with E-state index in [9.17, 15) is 18.0 Å². The molecule has 0 unspecified atom stereocenters. The van der Waals surface area contributed by atoms with Gasteiger partial charge >= 0.3 is 6.18 Å². The summed E-state index contributed by atoms with van der Waals surface area (Å²) < 4.78 is 41.8. The number of halogens is 3. The molecule has 3 aromatic rings. The van der Waals surface area contributed by atoms with Gasteiger partial charge in [-0.05, 0) is 23.8 Å². The van der Waals surface area contributed by atoms with Crippen LogP contribution in [0.3, 0.4) is 0 Å². The van der Waals surface area contributed by atoms with E-state index in [1.807, 2.05) is 9.47 Å². The van der Waals surface area contributed by atoms with Crippen molar-refractivity contribution in [1.82, 2.24) is 30.0 Å². The molecule has 1 aliphatic rings. The quantitative estimate of drug-likeness (QED) is 0.674. The minimum Gasteiger partial charge on any atom is -0.343 e. The van der Waals surface area contributed by atoms with Crippen molar-refractivity contribution in [3.05, 3.63) is 77.1 Å². The molecule has 0 aliphatic carbocycles. The van der Waals surface area contributed by atoms with Crippen molar-refractivity contribution in [2.24, 2.45) is 0 Å². The van der Waals surface area contributed by atoms with Crippen LogP contribution in [0.15, 0.2) is 48.7 Å². The monoisotopic (exact) mass is 430 g/mol. The molecule has 0 saturated carbocycles. The Morgan fingerprint density at radius 2 is 1.84 bits per heavy atom. The number of nitrogens with zero attached hydrogens (tertiary/aromatic N) is 5. The van der Waals surface area contributed by atoms with Crippen LogP contribution in [0.2, 0.25) is 0 Å². The van der Waals surface area contributed by atoms with Gasteiger partial charge in [-0.25, -0.2) is 0 Å². The maximum absolute atomic E-state index is 13.3. The largest absolute Gasteiger partial charge is 0.416 e. The van der Waals surface area contributed by atoms with E-state index in [-0.39, 0.29) is 24.6 Å². The first kappa shape index (κ1) is 21.0. The van der Waals surface area contributed by atoms with Crippen molar-refractivity contribution in [2.45, 2.75) is 32.2 Å². The first-order chi connectivity index (χ1) is 14.9. The first-order valence-corrected chi connectivity index (χ1v) is 9.89. The maximum atomic E-state index is 13.3. The smallest absolute Gasteiger partial charge is 0.343 e. The van der Waals surface area contributed by atoms with Crippen molar-refractivity contribution < 1.29 is 18.0 Å². The van der Waals surface area contributed by atoms with E-state index in [2.05, 4.69) is 20.5 Å². The lowest BCUT2D eigenvalue weighted by molar-refractivity contribution is -0.138. The molecule has 7 nitrogen and oxygen atoms in total. The highest BCUT2D eigenvalue weighted by molar-refractivity contribution is 5.92. The summed E-state index contributed by atoms with van der Waals surface area (Å²) in [6.07, 6.45) is -2.27. The minimum absolute atomic E-state index is 0.194.